The molecular formula is C21H30INOSi. The lowest BCUT2D eigenvalue weighted by atomic mass is 10.0. The van der Waals surface area contributed by atoms with Gasteiger partial charge in [-0.25, -0.2) is 0 Å². The Bertz CT molecular complexity index is 704. The van der Waals surface area contributed by atoms with Crippen LogP contribution in [-0.4, -0.2) is 13.3 Å². The molecule has 0 aliphatic heterocycles. The van der Waals surface area contributed by atoms with Gasteiger partial charge in [0.15, 0.2) is 8.32 Å². The molecule has 1 aromatic carbocycles. The molecule has 0 saturated heterocycles. The molecule has 1 aromatic heterocycles. The van der Waals surface area contributed by atoms with Gasteiger partial charge in [0.05, 0.1) is 11.6 Å². The fourth-order valence-electron chi connectivity index (χ4n) is 3.23. The molecule has 0 aliphatic rings. The van der Waals surface area contributed by atoms with Crippen molar-refractivity contribution in [3.8, 4) is 0 Å². The third-order valence-corrected chi connectivity index (χ3v) is 11.1. The van der Waals surface area contributed by atoms with E-state index in [0.29, 0.717) is 0 Å². The van der Waals surface area contributed by atoms with Crippen LogP contribution in [0.2, 0.25) is 18.1 Å². The van der Waals surface area contributed by atoms with Crippen LogP contribution >= 0.6 is 22.6 Å². The normalized spacial score (nSPS) is 14.0. The summed E-state index contributed by atoms with van der Waals surface area (Å²) in [7, 11) is -1.66. The first kappa shape index (κ1) is 20.6. The van der Waals surface area contributed by atoms with Crippen molar-refractivity contribution in [2.75, 3.05) is 0 Å². The first-order valence-corrected chi connectivity index (χ1v) is 13.0. The van der Waals surface area contributed by atoms with E-state index < -0.39 is 8.32 Å². The van der Waals surface area contributed by atoms with E-state index in [-0.39, 0.29) is 6.10 Å². The highest BCUT2D eigenvalue weighted by Gasteiger charge is 2.32. The number of benzene rings is 1. The van der Waals surface area contributed by atoms with Crippen molar-refractivity contribution in [2.45, 2.75) is 64.8 Å². The summed E-state index contributed by atoms with van der Waals surface area (Å²) in [6.45, 7) is 9.10. The molecule has 25 heavy (non-hydrogen) atoms. The summed E-state index contributed by atoms with van der Waals surface area (Å²) in [5.41, 5.74) is 2.33. The standard InChI is InChI=1S/C21H30INOSi/c1-5-19(22)12-14-21(24-25(6-2,7-3)8-4)18-11-13-20-17(16-18)10-9-15-23-20/h9-13,15-16,21H,5-8,14H2,1-4H3/b19-12-/t21-/m0/s1. The highest BCUT2D eigenvalue weighted by Crippen LogP contribution is 2.34. The summed E-state index contributed by atoms with van der Waals surface area (Å²) in [6, 6.07) is 14.3. The first-order chi connectivity index (χ1) is 12.1. The van der Waals surface area contributed by atoms with Gasteiger partial charge in [0.1, 0.15) is 0 Å². The molecule has 0 saturated carbocycles. The average Bonchev–Trinajstić information content (AvgIpc) is 2.68. The third kappa shape index (κ3) is 5.38. The van der Waals surface area contributed by atoms with Gasteiger partial charge in [0.2, 0.25) is 0 Å². The maximum Gasteiger partial charge on any atom is 0.192 e. The van der Waals surface area contributed by atoms with Crippen LogP contribution in [0, 0.1) is 0 Å². The molecule has 0 spiro atoms. The predicted octanol–water partition coefficient (Wildman–Crippen LogP) is 7.42. The van der Waals surface area contributed by atoms with Crippen LogP contribution in [0.4, 0.5) is 0 Å². The number of nitrogens with zero attached hydrogens (tertiary/aromatic N) is 1. The van der Waals surface area contributed by atoms with E-state index in [2.05, 4.69) is 85.6 Å². The summed E-state index contributed by atoms with van der Waals surface area (Å²) in [6.07, 6.45) is 6.39. The van der Waals surface area contributed by atoms with Gasteiger partial charge in [-0.1, -0.05) is 45.9 Å². The van der Waals surface area contributed by atoms with Crippen LogP contribution in [0.25, 0.3) is 10.9 Å². The van der Waals surface area contributed by atoms with Crippen LogP contribution < -0.4 is 0 Å². The van der Waals surface area contributed by atoms with Crippen LogP contribution in [0.1, 0.15) is 52.2 Å². The molecule has 0 radical (unpaired) electrons. The molecule has 0 fully saturated rings. The minimum absolute atomic E-state index is 0.146. The van der Waals surface area contributed by atoms with E-state index in [4.69, 9.17) is 4.43 Å². The number of pyridine rings is 1. The van der Waals surface area contributed by atoms with E-state index in [0.717, 1.165) is 18.4 Å². The van der Waals surface area contributed by atoms with Gasteiger partial charge in [-0.2, -0.15) is 0 Å². The van der Waals surface area contributed by atoms with Gasteiger partial charge in [-0.05, 0) is 80.9 Å². The number of hydrogen-bond acceptors (Lipinski definition) is 2. The van der Waals surface area contributed by atoms with Gasteiger partial charge >= 0.3 is 0 Å². The fraction of sp³-hybridized carbons (Fsp3) is 0.476. The Hall–Kier alpha value is -0.723. The molecule has 2 nitrogen and oxygen atoms in total. The number of rotatable bonds is 9. The van der Waals surface area contributed by atoms with Crippen molar-refractivity contribution < 1.29 is 4.43 Å². The van der Waals surface area contributed by atoms with E-state index in [1.807, 2.05) is 12.3 Å². The maximum atomic E-state index is 6.89. The number of fused-ring (bicyclic) bond motifs is 1. The molecule has 1 atom stereocenters. The lowest BCUT2D eigenvalue weighted by Crippen LogP contribution is -2.37. The monoisotopic (exact) mass is 467 g/mol. The summed E-state index contributed by atoms with van der Waals surface area (Å²) in [5.74, 6) is 0. The Morgan fingerprint density at radius 2 is 1.88 bits per heavy atom. The summed E-state index contributed by atoms with van der Waals surface area (Å²) in [4.78, 5) is 4.45. The SMILES string of the molecule is CC/C(I)=C/C[C@H](O[Si](CC)(CC)CC)c1ccc2ncccc2c1. The molecule has 0 N–H and O–H groups in total. The highest BCUT2D eigenvalue weighted by atomic mass is 127. The largest absolute Gasteiger partial charge is 0.410 e. The summed E-state index contributed by atoms with van der Waals surface area (Å²) < 4.78 is 8.29. The Morgan fingerprint density at radius 1 is 1.16 bits per heavy atom. The average molecular weight is 467 g/mol. The first-order valence-electron chi connectivity index (χ1n) is 9.44. The van der Waals surface area contributed by atoms with Gasteiger partial charge < -0.3 is 4.43 Å². The van der Waals surface area contributed by atoms with Gasteiger partial charge in [0.25, 0.3) is 0 Å². The zero-order chi connectivity index (χ0) is 18.3. The number of halogens is 1. The number of hydrogen-bond donors (Lipinski definition) is 0. The van der Waals surface area contributed by atoms with Crippen LogP contribution in [0.5, 0.6) is 0 Å². The smallest absolute Gasteiger partial charge is 0.192 e. The molecule has 136 valence electrons. The number of aromatic nitrogens is 1. The van der Waals surface area contributed by atoms with Crippen molar-refractivity contribution in [1.29, 1.82) is 0 Å². The van der Waals surface area contributed by atoms with Crippen LogP contribution in [-0.2, 0) is 4.43 Å². The minimum atomic E-state index is -1.66. The van der Waals surface area contributed by atoms with Crippen LogP contribution in [0.3, 0.4) is 0 Å². The van der Waals surface area contributed by atoms with Gasteiger partial charge in [0, 0.05) is 11.6 Å². The fourth-order valence-corrected chi connectivity index (χ4v) is 6.32. The molecule has 4 heteroatoms. The minimum Gasteiger partial charge on any atom is -0.410 e. The predicted molar refractivity (Wildman–Crippen MR) is 120 cm³/mol. The number of allylic oxidation sites excluding steroid dienone is 1. The quantitative estimate of drug-likeness (QED) is 0.283. The van der Waals surface area contributed by atoms with Crippen molar-refractivity contribution in [3.63, 3.8) is 0 Å². The van der Waals surface area contributed by atoms with E-state index in [1.165, 1.54) is 32.7 Å². The van der Waals surface area contributed by atoms with E-state index in [9.17, 15) is 0 Å². The lowest BCUT2D eigenvalue weighted by Gasteiger charge is -2.33. The van der Waals surface area contributed by atoms with Crippen molar-refractivity contribution in [2.24, 2.45) is 0 Å². The molecule has 2 aromatic rings. The lowest BCUT2D eigenvalue weighted by molar-refractivity contribution is 0.193. The molecular weight excluding hydrogens is 437 g/mol. The Labute approximate surface area is 167 Å². The zero-order valence-corrected chi connectivity index (χ0v) is 19.0. The Morgan fingerprint density at radius 3 is 2.52 bits per heavy atom. The second-order valence-electron chi connectivity index (χ2n) is 6.55. The van der Waals surface area contributed by atoms with Crippen molar-refractivity contribution in [3.05, 3.63) is 51.7 Å². The zero-order valence-electron chi connectivity index (χ0n) is 15.9. The molecule has 0 unspecified atom stereocenters. The third-order valence-electron chi connectivity index (χ3n) is 5.22. The maximum absolute atomic E-state index is 6.89. The molecule has 0 bridgehead atoms. The topological polar surface area (TPSA) is 22.1 Å². The molecule has 0 amide bonds. The molecule has 1 heterocycles. The summed E-state index contributed by atoms with van der Waals surface area (Å²) in [5, 5.41) is 1.19. The molecule has 0 aliphatic carbocycles. The molecule has 2 rings (SSSR count). The van der Waals surface area contributed by atoms with Gasteiger partial charge in [-0.15, -0.1) is 0 Å². The van der Waals surface area contributed by atoms with Crippen molar-refractivity contribution in [1.82, 2.24) is 4.98 Å². The highest BCUT2D eigenvalue weighted by molar-refractivity contribution is 14.1. The van der Waals surface area contributed by atoms with Crippen LogP contribution in [0.15, 0.2) is 46.2 Å². The summed E-state index contributed by atoms with van der Waals surface area (Å²) >= 11 is 2.44. The van der Waals surface area contributed by atoms with E-state index >= 15 is 0 Å². The second-order valence-corrected chi connectivity index (χ2v) is 12.7. The Kier molecular flexibility index (Phi) is 8.10. The second kappa shape index (κ2) is 9.83. The van der Waals surface area contributed by atoms with Gasteiger partial charge in [-0.3, -0.25) is 4.98 Å². The Balaban J connectivity index is 2.37. The van der Waals surface area contributed by atoms with E-state index in [1.54, 1.807) is 0 Å². The van der Waals surface area contributed by atoms with Crippen molar-refractivity contribution >= 4 is 41.8 Å².